The lowest BCUT2D eigenvalue weighted by atomic mass is 10.1. The Hall–Kier alpha value is -2.75. The number of nitrogens with one attached hydrogen (secondary N) is 2. The summed E-state index contributed by atoms with van der Waals surface area (Å²) in [4.78, 5) is 12.1. The van der Waals surface area contributed by atoms with Crippen LogP contribution in [0.5, 0.6) is 5.75 Å². The van der Waals surface area contributed by atoms with Crippen LogP contribution in [0.15, 0.2) is 67.3 Å². The van der Waals surface area contributed by atoms with E-state index in [0.29, 0.717) is 18.0 Å². The van der Waals surface area contributed by atoms with Crippen molar-refractivity contribution in [3.8, 4) is 5.75 Å². The van der Waals surface area contributed by atoms with Gasteiger partial charge in [-0.1, -0.05) is 49.1 Å². The molecule has 0 saturated heterocycles. The van der Waals surface area contributed by atoms with Crippen molar-refractivity contribution in [3.63, 3.8) is 0 Å². The van der Waals surface area contributed by atoms with Crippen molar-refractivity contribution in [3.05, 3.63) is 72.8 Å². The van der Waals surface area contributed by atoms with Gasteiger partial charge in [0, 0.05) is 17.8 Å². The Morgan fingerprint density at radius 1 is 1.21 bits per heavy atom. The Bertz CT molecular complexity index is 656. The Balaban J connectivity index is 1.78. The highest BCUT2D eigenvalue weighted by atomic mass is 16.5. The Morgan fingerprint density at radius 2 is 2.00 bits per heavy atom. The highest BCUT2D eigenvalue weighted by Gasteiger charge is 2.08. The third kappa shape index (κ3) is 6.16. The zero-order valence-electron chi connectivity index (χ0n) is 14.0. The van der Waals surface area contributed by atoms with Crippen LogP contribution in [-0.4, -0.2) is 18.7 Å². The van der Waals surface area contributed by atoms with E-state index in [-0.39, 0.29) is 12.1 Å². The van der Waals surface area contributed by atoms with Gasteiger partial charge in [0.1, 0.15) is 12.4 Å². The molecule has 0 fully saturated rings. The summed E-state index contributed by atoms with van der Waals surface area (Å²) in [6.07, 6.45) is 3.51. The standard InChI is InChI=1S/C20H24N2O2/c1-3-14-24-19-11-7-10-18(15-19)22-20(23)21-16(2)12-13-17-8-5-4-6-9-17/h3-11,15-16H,1,12-14H2,2H3,(H2,21,22,23). The molecule has 2 aromatic carbocycles. The van der Waals surface area contributed by atoms with Gasteiger partial charge in [0.2, 0.25) is 0 Å². The van der Waals surface area contributed by atoms with Crippen LogP contribution in [0.4, 0.5) is 10.5 Å². The Labute approximate surface area is 143 Å². The minimum atomic E-state index is -0.212. The quantitative estimate of drug-likeness (QED) is 0.707. The predicted octanol–water partition coefficient (Wildman–Crippen LogP) is 4.39. The molecule has 4 heteroatoms. The van der Waals surface area contributed by atoms with Gasteiger partial charge in [0.15, 0.2) is 0 Å². The summed E-state index contributed by atoms with van der Waals surface area (Å²) in [6.45, 7) is 6.06. The highest BCUT2D eigenvalue weighted by Crippen LogP contribution is 2.17. The molecule has 0 aliphatic carbocycles. The van der Waals surface area contributed by atoms with E-state index in [4.69, 9.17) is 4.74 Å². The molecular formula is C20H24N2O2. The van der Waals surface area contributed by atoms with E-state index in [0.717, 1.165) is 12.8 Å². The van der Waals surface area contributed by atoms with Crippen molar-refractivity contribution in [2.45, 2.75) is 25.8 Å². The fourth-order valence-electron chi connectivity index (χ4n) is 2.31. The summed E-state index contributed by atoms with van der Waals surface area (Å²) in [7, 11) is 0. The van der Waals surface area contributed by atoms with Gasteiger partial charge >= 0.3 is 6.03 Å². The summed E-state index contributed by atoms with van der Waals surface area (Å²) in [5, 5.41) is 5.79. The average Bonchev–Trinajstić information content (AvgIpc) is 2.59. The number of amides is 2. The van der Waals surface area contributed by atoms with Crippen LogP contribution in [0.1, 0.15) is 18.9 Å². The number of benzene rings is 2. The summed E-state index contributed by atoms with van der Waals surface area (Å²) in [6, 6.07) is 17.4. The van der Waals surface area contributed by atoms with Crippen molar-refractivity contribution in [1.29, 1.82) is 0 Å². The number of rotatable bonds is 8. The van der Waals surface area contributed by atoms with Crippen LogP contribution in [0.3, 0.4) is 0 Å². The van der Waals surface area contributed by atoms with Crippen molar-refractivity contribution in [2.75, 3.05) is 11.9 Å². The highest BCUT2D eigenvalue weighted by molar-refractivity contribution is 5.89. The van der Waals surface area contributed by atoms with E-state index < -0.39 is 0 Å². The molecule has 0 aromatic heterocycles. The van der Waals surface area contributed by atoms with Crippen LogP contribution in [0.2, 0.25) is 0 Å². The third-order valence-corrected chi connectivity index (χ3v) is 3.55. The number of aryl methyl sites for hydroxylation is 1. The van der Waals surface area contributed by atoms with E-state index in [1.165, 1.54) is 5.56 Å². The minimum absolute atomic E-state index is 0.0883. The second-order valence-corrected chi connectivity index (χ2v) is 5.65. The fraction of sp³-hybridized carbons (Fsp3) is 0.250. The SMILES string of the molecule is C=CCOc1cccc(NC(=O)NC(C)CCc2ccccc2)c1. The number of carbonyl (C=O) groups is 1. The largest absolute Gasteiger partial charge is 0.489 e. The van der Waals surface area contributed by atoms with Crippen molar-refractivity contribution in [1.82, 2.24) is 5.32 Å². The molecule has 2 aromatic rings. The normalized spacial score (nSPS) is 11.4. The lowest BCUT2D eigenvalue weighted by molar-refractivity contribution is 0.248. The fourth-order valence-corrected chi connectivity index (χ4v) is 2.31. The molecule has 2 N–H and O–H groups in total. The Kier molecular flexibility index (Phi) is 6.90. The van der Waals surface area contributed by atoms with Crippen LogP contribution < -0.4 is 15.4 Å². The maximum absolute atomic E-state index is 12.1. The second-order valence-electron chi connectivity index (χ2n) is 5.65. The summed E-state index contributed by atoms with van der Waals surface area (Å²) in [5.74, 6) is 0.699. The topological polar surface area (TPSA) is 50.4 Å². The maximum atomic E-state index is 12.1. The molecule has 1 atom stereocenters. The van der Waals surface area contributed by atoms with Gasteiger partial charge in [-0.15, -0.1) is 0 Å². The van der Waals surface area contributed by atoms with Gasteiger partial charge in [-0.2, -0.15) is 0 Å². The first-order valence-corrected chi connectivity index (χ1v) is 8.12. The number of hydrogen-bond acceptors (Lipinski definition) is 2. The van der Waals surface area contributed by atoms with Gasteiger partial charge < -0.3 is 15.4 Å². The molecule has 0 bridgehead atoms. The maximum Gasteiger partial charge on any atom is 0.319 e. The molecule has 0 heterocycles. The lowest BCUT2D eigenvalue weighted by Crippen LogP contribution is -2.36. The van der Waals surface area contributed by atoms with E-state index in [9.17, 15) is 4.79 Å². The van der Waals surface area contributed by atoms with E-state index in [1.54, 1.807) is 12.1 Å². The molecule has 4 nitrogen and oxygen atoms in total. The van der Waals surface area contributed by atoms with E-state index in [1.807, 2.05) is 43.3 Å². The van der Waals surface area contributed by atoms with E-state index >= 15 is 0 Å². The Morgan fingerprint density at radius 3 is 2.75 bits per heavy atom. The van der Waals surface area contributed by atoms with Gasteiger partial charge in [0.25, 0.3) is 0 Å². The van der Waals surface area contributed by atoms with Crippen LogP contribution in [-0.2, 0) is 6.42 Å². The summed E-state index contributed by atoms with van der Waals surface area (Å²) >= 11 is 0. The molecule has 24 heavy (non-hydrogen) atoms. The first kappa shape index (κ1) is 17.6. The van der Waals surface area contributed by atoms with Crippen LogP contribution >= 0.6 is 0 Å². The van der Waals surface area contributed by atoms with Gasteiger partial charge in [0.05, 0.1) is 0 Å². The predicted molar refractivity (Wildman–Crippen MR) is 98.5 cm³/mol. The zero-order chi connectivity index (χ0) is 17.2. The first-order chi connectivity index (χ1) is 11.7. The first-order valence-electron chi connectivity index (χ1n) is 8.12. The molecule has 0 saturated carbocycles. The molecular weight excluding hydrogens is 300 g/mol. The van der Waals surface area contributed by atoms with Crippen molar-refractivity contribution < 1.29 is 9.53 Å². The molecule has 0 spiro atoms. The molecule has 0 radical (unpaired) electrons. The smallest absolute Gasteiger partial charge is 0.319 e. The van der Waals surface area contributed by atoms with E-state index in [2.05, 4.69) is 29.3 Å². The molecule has 2 amide bonds. The van der Waals surface area contributed by atoms with Crippen LogP contribution in [0.25, 0.3) is 0 Å². The van der Waals surface area contributed by atoms with Crippen molar-refractivity contribution >= 4 is 11.7 Å². The molecule has 126 valence electrons. The minimum Gasteiger partial charge on any atom is -0.489 e. The molecule has 0 aliphatic rings. The van der Waals surface area contributed by atoms with Gasteiger partial charge in [-0.05, 0) is 37.5 Å². The number of urea groups is 1. The third-order valence-electron chi connectivity index (χ3n) is 3.55. The average molecular weight is 324 g/mol. The van der Waals surface area contributed by atoms with Crippen molar-refractivity contribution in [2.24, 2.45) is 0 Å². The van der Waals surface area contributed by atoms with Crippen LogP contribution in [0, 0.1) is 0 Å². The second kappa shape index (κ2) is 9.40. The molecule has 1 unspecified atom stereocenters. The summed E-state index contributed by atoms with van der Waals surface area (Å²) in [5.41, 5.74) is 1.97. The number of hydrogen-bond donors (Lipinski definition) is 2. The number of ether oxygens (including phenoxy) is 1. The monoisotopic (exact) mass is 324 g/mol. The lowest BCUT2D eigenvalue weighted by Gasteiger charge is -2.15. The van der Waals surface area contributed by atoms with Gasteiger partial charge in [-0.25, -0.2) is 4.79 Å². The summed E-state index contributed by atoms with van der Waals surface area (Å²) < 4.78 is 5.46. The van der Waals surface area contributed by atoms with Gasteiger partial charge in [-0.3, -0.25) is 0 Å². The number of carbonyl (C=O) groups excluding carboxylic acids is 1. The zero-order valence-corrected chi connectivity index (χ0v) is 14.0. The number of anilines is 1. The molecule has 2 rings (SSSR count). The molecule has 0 aliphatic heterocycles.